The number of carboxylic acids is 1. The second-order valence-corrected chi connectivity index (χ2v) is 10.1. The second kappa shape index (κ2) is 11.3. The van der Waals surface area contributed by atoms with E-state index < -0.39 is 5.97 Å². The zero-order chi connectivity index (χ0) is 25.8. The molecule has 3 aliphatic rings. The minimum atomic E-state index is -0.771. The van der Waals surface area contributed by atoms with E-state index in [1.807, 2.05) is 29.2 Å². The molecule has 2 saturated heterocycles. The van der Waals surface area contributed by atoms with Crippen LogP contribution in [0.1, 0.15) is 23.1 Å². The van der Waals surface area contributed by atoms with Gasteiger partial charge in [0.25, 0.3) is 0 Å². The number of rotatable bonds is 7. The summed E-state index contributed by atoms with van der Waals surface area (Å²) in [5.41, 5.74) is 5.48. The van der Waals surface area contributed by atoms with Crippen molar-refractivity contribution in [2.24, 2.45) is 5.16 Å². The first-order chi connectivity index (χ1) is 18.0. The third kappa shape index (κ3) is 6.11. The van der Waals surface area contributed by atoms with Gasteiger partial charge in [0.05, 0.1) is 12.3 Å². The summed E-state index contributed by atoms with van der Waals surface area (Å²) >= 11 is 0. The summed E-state index contributed by atoms with van der Waals surface area (Å²) in [7, 11) is 0. The number of nitrogens with zero attached hydrogens (tertiary/aromatic N) is 5. The van der Waals surface area contributed by atoms with Crippen LogP contribution in [-0.2, 0) is 9.63 Å². The summed E-state index contributed by atoms with van der Waals surface area (Å²) in [6.07, 6.45) is 0.774. The van der Waals surface area contributed by atoms with Crippen molar-refractivity contribution in [3.05, 3.63) is 65.2 Å². The molecule has 0 radical (unpaired) electrons. The van der Waals surface area contributed by atoms with Crippen molar-refractivity contribution >= 4 is 23.2 Å². The predicted octanol–water partition coefficient (Wildman–Crippen LogP) is 2.34. The Kier molecular flexibility index (Phi) is 7.71. The van der Waals surface area contributed by atoms with Gasteiger partial charge in [0, 0.05) is 76.6 Å². The van der Waals surface area contributed by atoms with Crippen LogP contribution < -0.4 is 4.90 Å². The maximum atomic E-state index is 10.9. The van der Waals surface area contributed by atoms with Crippen LogP contribution in [0.2, 0.25) is 0 Å². The van der Waals surface area contributed by atoms with Crippen LogP contribution in [-0.4, -0.2) is 109 Å². The van der Waals surface area contributed by atoms with E-state index in [9.17, 15) is 4.79 Å². The molecule has 5 rings (SSSR count). The van der Waals surface area contributed by atoms with Gasteiger partial charge in [0.15, 0.2) is 0 Å². The standard InChI is InChI=1S/C28H36N6O3/c1-21-4-2-3-5-26(21)33-14-16-34(17-15-33)28(29)23-8-6-22(7-9-23)25-18-24(37-30-25)19-31-10-12-32(13-11-31)20-27(35)36/h2-9,24,29H,10-20H2,1H3,(H,35,36). The molecular weight excluding hydrogens is 468 g/mol. The van der Waals surface area contributed by atoms with Crippen LogP contribution in [0.15, 0.2) is 53.7 Å². The van der Waals surface area contributed by atoms with Gasteiger partial charge in [-0.05, 0) is 24.1 Å². The lowest BCUT2D eigenvalue weighted by molar-refractivity contribution is -0.138. The van der Waals surface area contributed by atoms with E-state index in [0.717, 1.165) is 82.2 Å². The molecule has 1 unspecified atom stereocenters. The van der Waals surface area contributed by atoms with Gasteiger partial charge >= 0.3 is 5.97 Å². The molecule has 2 fully saturated rings. The minimum Gasteiger partial charge on any atom is -0.480 e. The summed E-state index contributed by atoms with van der Waals surface area (Å²) in [6, 6.07) is 16.6. The lowest BCUT2D eigenvalue weighted by Gasteiger charge is -2.38. The first-order valence-corrected chi connectivity index (χ1v) is 13.1. The lowest BCUT2D eigenvalue weighted by Crippen LogP contribution is -2.49. The van der Waals surface area contributed by atoms with Gasteiger partial charge in [-0.15, -0.1) is 0 Å². The Bertz CT molecular complexity index is 1130. The average Bonchev–Trinajstić information content (AvgIpc) is 3.38. The number of carboxylic acid groups (broad SMARTS) is 1. The molecule has 3 aliphatic heterocycles. The lowest BCUT2D eigenvalue weighted by atomic mass is 10.0. The monoisotopic (exact) mass is 504 g/mol. The molecule has 0 amide bonds. The zero-order valence-electron chi connectivity index (χ0n) is 21.5. The number of hydrogen-bond acceptors (Lipinski definition) is 7. The smallest absolute Gasteiger partial charge is 0.317 e. The van der Waals surface area contributed by atoms with Gasteiger partial charge in [-0.1, -0.05) is 47.6 Å². The highest BCUT2D eigenvalue weighted by Crippen LogP contribution is 2.22. The van der Waals surface area contributed by atoms with Crippen LogP contribution in [0.25, 0.3) is 0 Å². The van der Waals surface area contributed by atoms with Gasteiger partial charge in [-0.2, -0.15) is 0 Å². The van der Waals surface area contributed by atoms with Crippen molar-refractivity contribution in [1.29, 1.82) is 5.41 Å². The molecule has 0 bridgehead atoms. The molecule has 0 saturated carbocycles. The number of nitrogens with one attached hydrogen (secondary N) is 1. The first kappa shape index (κ1) is 25.2. The topological polar surface area (TPSA) is 95.7 Å². The van der Waals surface area contributed by atoms with Gasteiger partial charge in [-0.3, -0.25) is 20.0 Å². The van der Waals surface area contributed by atoms with Crippen LogP contribution in [0.5, 0.6) is 0 Å². The summed E-state index contributed by atoms with van der Waals surface area (Å²) in [4.78, 5) is 25.5. The Hall–Kier alpha value is -3.43. The van der Waals surface area contributed by atoms with Crippen LogP contribution in [0, 0.1) is 12.3 Å². The molecular formula is C28H36N6O3. The SMILES string of the molecule is Cc1ccccc1N1CCN(C(=N)c2ccc(C3=NOC(CN4CCN(CC(=O)O)CC4)C3)cc2)CC1. The minimum absolute atomic E-state index is 0.0172. The van der Waals surface area contributed by atoms with Gasteiger partial charge in [0.1, 0.15) is 11.9 Å². The third-order valence-electron chi connectivity index (χ3n) is 7.56. The van der Waals surface area contributed by atoms with E-state index in [2.05, 4.69) is 51.0 Å². The molecule has 0 aromatic heterocycles. The molecule has 0 aliphatic carbocycles. The highest BCUT2D eigenvalue weighted by atomic mass is 16.6. The molecule has 9 heteroatoms. The summed E-state index contributed by atoms with van der Waals surface area (Å²) < 4.78 is 0. The molecule has 2 aromatic carbocycles. The number of oxime groups is 1. The van der Waals surface area contributed by atoms with E-state index in [0.29, 0.717) is 5.84 Å². The van der Waals surface area contributed by atoms with E-state index in [4.69, 9.17) is 15.4 Å². The van der Waals surface area contributed by atoms with E-state index in [1.54, 1.807) is 0 Å². The Morgan fingerprint density at radius 2 is 1.65 bits per heavy atom. The predicted molar refractivity (Wildman–Crippen MR) is 145 cm³/mol. The fourth-order valence-corrected chi connectivity index (χ4v) is 5.40. The van der Waals surface area contributed by atoms with E-state index >= 15 is 0 Å². The van der Waals surface area contributed by atoms with Crippen LogP contribution in [0.3, 0.4) is 0 Å². The van der Waals surface area contributed by atoms with Crippen molar-refractivity contribution in [2.75, 3.05) is 70.3 Å². The summed E-state index contributed by atoms with van der Waals surface area (Å²) in [5.74, 6) is -0.201. The maximum absolute atomic E-state index is 10.9. The van der Waals surface area contributed by atoms with Crippen molar-refractivity contribution in [3.8, 4) is 0 Å². The number of piperazine rings is 2. The molecule has 196 valence electrons. The van der Waals surface area contributed by atoms with Crippen LogP contribution in [0.4, 0.5) is 5.69 Å². The highest BCUT2D eigenvalue weighted by Gasteiger charge is 2.27. The van der Waals surface area contributed by atoms with Gasteiger partial charge < -0.3 is 19.7 Å². The van der Waals surface area contributed by atoms with Gasteiger partial charge in [0.2, 0.25) is 0 Å². The number of carbonyl (C=O) groups is 1. The van der Waals surface area contributed by atoms with Crippen molar-refractivity contribution in [2.45, 2.75) is 19.4 Å². The molecule has 9 nitrogen and oxygen atoms in total. The second-order valence-electron chi connectivity index (χ2n) is 10.1. The zero-order valence-corrected chi connectivity index (χ0v) is 21.5. The van der Waals surface area contributed by atoms with Crippen LogP contribution >= 0.6 is 0 Å². The number of anilines is 1. The molecule has 2 aromatic rings. The number of aryl methyl sites for hydroxylation is 1. The Balaban J connectivity index is 1.09. The fraction of sp³-hybridized carbons (Fsp3) is 0.464. The van der Waals surface area contributed by atoms with Crippen molar-refractivity contribution in [3.63, 3.8) is 0 Å². The maximum Gasteiger partial charge on any atom is 0.317 e. The molecule has 37 heavy (non-hydrogen) atoms. The molecule has 1 atom stereocenters. The average molecular weight is 505 g/mol. The molecule has 2 N–H and O–H groups in total. The van der Waals surface area contributed by atoms with Crippen molar-refractivity contribution < 1.29 is 14.7 Å². The Labute approximate surface area is 218 Å². The number of aliphatic carboxylic acids is 1. The molecule has 3 heterocycles. The van der Waals surface area contributed by atoms with Crippen molar-refractivity contribution in [1.82, 2.24) is 14.7 Å². The van der Waals surface area contributed by atoms with E-state index in [-0.39, 0.29) is 12.6 Å². The van der Waals surface area contributed by atoms with E-state index in [1.165, 1.54) is 11.3 Å². The summed E-state index contributed by atoms with van der Waals surface area (Å²) in [6.45, 7) is 9.77. The number of para-hydroxylation sites is 1. The quantitative estimate of drug-likeness (QED) is 0.441. The molecule has 0 spiro atoms. The normalized spacial score (nSPS) is 21.0. The number of amidine groups is 1. The highest BCUT2D eigenvalue weighted by molar-refractivity contribution is 6.03. The van der Waals surface area contributed by atoms with Gasteiger partial charge in [-0.25, -0.2) is 0 Å². The Morgan fingerprint density at radius 1 is 0.973 bits per heavy atom. The largest absolute Gasteiger partial charge is 0.480 e. The third-order valence-corrected chi connectivity index (χ3v) is 7.56. The number of hydrogen-bond donors (Lipinski definition) is 2. The first-order valence-electron chi connectivity index (χ1n) is 13.1. The Morgan fingerprint density at radius 3 is 2.32 bits per heavy atom. The number of benzene rings is 2. The fourth-order valence-electron chi connectivity index (χ4n) is 5.40. The summed E-state index contributed by atoms with van der Waals surface area (Å²) in [5, 5.41) is 22.1.